The lowest BCUT2D eigenvalue weighted by Gasteiger charge is -2.46. The van der Waals surface area contributed by atoms with E-state index in [1.165, 1.54) is 10.8 Å². The lowest BCUT2D eigenvalue weighted by Crippen LogP contribution is -2.69. The highest BCUT2D eigenvalue weighted by Crippen LogP contribution is 2.41. The van der Waals surface area contributed by atoms with Crippen molar-refractivity contribution in [2.75, 3.05) is 6.61 Å². The normalized spacial score (nSPS) is 18.3. The molecule has 0 radical (unpaired) electrons. The number of aromatic amines is 1. The Morgan fingerprint density at radius 2 is 1.41 bits per heavy atom. The number of ether oxygens (including phenoxy) is 3. The van der Waals surface area contributed by atoms with Gasteiger partial charge in [-0.3, -0.25) is 14.3 Å². The molecule has 9 nitrogen and oxygen atoms in total. The monoisotopic (exact) mass is 704 g/mol. The first kappa shape index (κ1) is 35.9. The number of nitrogens with one attached hydrogen (secondary N) is 1. The third kappa shape index (κ3) is 7.89. The third-order valence-corrected chi connectivity index (χ3v) is 14.4. The maximum Gasteiger partial charge on any atom is 0.338 e. The Morgan fingerprint density at radius 1 is 0.863 bits per heavy atom. The summed E-state index contributed by atoms with van der Waals surface area (Å²) >= 11 is 0. The van der Waals surface area contributed by atoms with Gasteiger partial charge in [0.1, 0.15) is 18.4 Å². The molecule has 1 aliphatic rings. The molecule has 1 aromatic heterocycles. The number of esters is 1. The van der Waals surface area contributed by atoms with Gasteiger partial charge in [0.15, 0.2) is 0 Å². The SMILES string of the molecule is Cc1cn([C@H]2C[C@H](OC(=O)c3ccccc3)[C@@H](C(COCc3ccccc3)O[Si](c3ccccc3)(c3ccccc3)C(C)(C)C)O2)c(=O)[nH]c1=O. The zero-order valence-corrected chi connectivity index (χ0v) is 30.4. The van der Waals surface area contributed by atoms with Crippen molar-refractivity contribution in [2.24, 2.45) is 0 Å². The molecule has 10 heteroatoms. The number of carbonyl (C=O) groups is 1. The van der Waals surface area contributed by atoms with E-state index in [0.29, 0.717) is 17.7 Å². The lowest BCUT2D eigenvalue weighted by atomic mass is 10.1. The summed E-state index contributed by atoms with van der Waals surface area (Å²) in [6.45, 7) is 8.62. The van der Waals surface area contributed by atoms with Crippen LogP contribution in [0.4, 0.5) is 0 Å². The summed E-state index contributed by atoms with van der Waals surface area (Å²) in [6.07, 6.45) is -1.66. The molecule has 4 atom stereocenters. The van der Waals surface area contributed by atoms with E-state index in [1.54, 1.807) is 31.2 Å². The smallest absolute Gasteiger partial charge is 0.338 e. The van der Waals surface area contributed by atoms with Gasteiger partial charge < -0.3 is 18.6 Å². The lowest BCUT2D eigenvalue weighted by molar-refractivity contribution is -0.104. The highest BCUT2D eigenvalue weighted by Gasteiger charge is 2.54. The number of hydrogen-bond acceptors (Lipinski definition) is 7. The third-order valence-electron chi connectivity index (χ3n) is 9.34. The maximum absolute atomic E-state index is 13.6. The summed E-state index contributed by atoms with van der Waals surface area (Å²) in [4.78, 5) is 41.4. The molecule has 0 saturated carbocycles. The van der Waals surface area contributed by atoms with Crippen LogP contribution in [0.2, 0.25) is 5.04 Å². The van der Waals surface area contributed by atoms with Crippen LogP contribution >= 0.6 is 0 Å². The zero-order chi connectivity index (χ0) is 36.0. The first-order valence-corrected chi connectivity index (χ1v) is 19.1. The van der Waals surface area contributed by atoms with E-state index >= 15 is 0 Å². The highest BCUT2D eigenvalue weighted by molar-refractivity contribution is 6.99. The molecule has 1 aliphatic heterocycles. The number of H-pyrrole nitrogens is 1. The van der Waals surface area contributed by atoms with Gasteiger partial charge in [-0.25, -0.2) is 9.59 Å². The van der Waals surface area contributed by atoms with Gasteiger partial charge in [-0.2, -0.15) is 0 Å². The Morgan fingerprint density at radius 3 is 1.98 bits per heavy atom. The first-order chi connectivity index (χ1) is 24.6. The van der Waals surface area contributed by atoms with Gasteiger partial charge in [-0.15, -0.1) is 0 Å². The summed E-state index contributed by atoms with van der Waals surface area (Å²) in [7, 11) is -3.19. The molecule has 1 unspecified atom stereocenters. The standard InChI is InChI=1S/C41H44N2O7Si/c1-29-26-43(40(46)42-38(29)44)36-25-34(48-39(45)31-19-11-6-12-20-31)37(49-36)35(28-47-27-30-17-9-5-10-18-30)50-51(41(2,3)4,32-21-13-7-14-22-32)33-23-15-8-16-24-33/h5-24,26,34-37H,25,27-28H2,1-4H3,(H,42,44,46)/t34-,35?,36+,37-/m0/s1. The number of hydrogen-bond donors (Lipinski definition) is 1. The Balaban J connectivity index is 1.46. The van der Waals surface area contributed by atoms with Crippen LogP contribution < -0.4 is 21.6 Å². The predicted octanol–water partition coefficient (Wildman–Crippen LogP) is 5.52. The molecular weight excluding hydrogens is 661 g/mol. The van der Waals surface area contributed by atoms with Crippen molar-refractivity contribution in [3.8, 4) is 0 Å². The number of carbonyl (C=O) groups excluding carboxylic acids is 1. The van der Waals surface area contributed by atoms with Gasteiger partial charge in [-0.1, -0.05) is 130 Å². The second-order valence-electron chi connectivity index (χ2n) is 13.9. The van der Waals surface area contributed by atoms with Gasteiger partial charge in [0.2, 0.25) is 0 Å². The largest absolute Gasteiger partial charge is 0.456 e. The first-order valence-electron chi connectivity index (χ1n) is 17.2. The maximum atomic E-state index is 13.6. The minimum Gasteiger partial charge on any atom is -0.456 e. The Kier molecular flexibility index (Phi) is 11.0. The summed E-state index contributed by atoms with van der Waals surface area (Å²) in [6, 6.07) is 39.1. The van der Waals surface area contributed by atoms with E-state index in [-0.39, 0.29) is 18.1 Å². The van der Waals surface area contributed by atoms with Crippen molar-refractivity contribution >= 4 is 24.7 Å². The van der Waals surface area contributed by atoms with Gasteiger partial charge in [-0.05, 0) is 40.0 Å². The molecule has 4 aromatic carbocycles. The molecule has 1 saturated heterocycles. The predicted molar refractivity (Wildman–Crippen MR) is 199 cm³/mol. The van der Waals surface area contributed by atoms with E-state index in [9.17, 15) is 14.4 Å². The van der Waals surface area contributed by atoms with Gasteiger partial charge in [0.25, 0.3) is 13.9 Å². The number of aromatic nitrogens is 2. The molecular formula is C41H44N2O7Si. The van der Waals surface area contributed by atoms with Crippen LogP contribution in [0, 0.1) is 6.92 Å². The van der Waals surface area contributed by atoms with E-state index in [0.717, 1.165) is 15.9 Å². The van der Waals surface area contributed by atoms with Crippen LogP contribution in [0.5, 0.6) is 0 Å². The second-order valence-corrected chi connectivity index (χ2v) is 18.2. The molecule has 51 heavy (non-hydrogen) atoms. The minimum absolute atomic E-state index is 0.107. The van der Waals surface area contributed by atoms with Crippen LogP contribution in [-0.2, 0) is 25.2 Å². The number of rotatable bonds is 12. The Bertz CT molecular complexity index is 1970. The molecule has 0 aliphatic carbocycles. The zero-order valence-electron chi connectivity index (χ0n) is 29.4. The van der Waals surface area contributed by atoms with E-state index < -0.39 is 50.1 Å². The molecule has 1 N–H and O–H groups in total. The molecule has 264 valence electrons. The highest BCUT2D eigenvalue weighted by atomic mass is 28.4. The van der Waals surface area contributed by atoms with Crippen LogP contribution in [0.1, 0.15) is 54.9 Å². The fourth-order valence-corrected chi connectivity index (χ4v) is 11.5. The van der Waals surface area contributed by atoms with E-state index in [2.05, 4.69) is 50.0 Å². The number of nitrogens with zero attached hydrogens (tertiary/aromatic N) is 1. The van der Waals surface area contributed by atoms with Crippen LogP contribution in [0.25, 0.3) is 0 Å². The van der Waals surface area contributed by atoms with Crippen LogP contribution in [0.15, 0.2) is 137 Å². The van der Waals surface area contributed by atoms with Gasteiger partial charge >= 0.3 is 11.7 Å². The van der Waals surface area contributed by atoms with Crippen molar-refractivity contribution < 1.29 is 23.4 Å². The van der Waals surface area contributed by atoms with E-state index in [1.807, 2.05) is 72.8 Å². The summed E-state index contributed by atoms with van der Waals surface area (Å²) in [5.74, 6) is -0.519. The molecule has 0 bridgehead atoms. The van der Waals surface area contributed by atoms with Crippen molar-refractivity contribution in [1.82, 2.24) is 9.55 Å². The molecule has 2 heterocycles. The van der Waals surface area contributed by atoms with E-state index in [4.69, 9.17) is 18.6 Å². The molecule has 0 amide bonds. The topological polar surface area (TPSA) is 109 Å². The number of aryl methyl sites for hydroxylation is 1. The number of benzene rings is 4. The molecule has 0 spiro atoms. The average Bonchev–Trinajstić information content (AvgIpc) is 3.55. The van der Waals surface area contributed by atoms with Crippen LogP contribution in [0.3, 0.4) is 0 Å². The molecule has 1 fully saturated rings. The molecule has 6 rings (SSSR count). The van der Waals surface area contributed by atoms with Crippen molar-refractivity contribution in [3.05, 3.63) is 165 Å². The summed E-state index contributed by atoms with van der Waals surface area (Å²) in [5.41, 5.74) is 0.649. The minimum atomic E-state index is -3.19. The van der Waals surface area contributed by atoms with Crippen molar-refractivity contribution in [1.29, 1.82) is 0 Å². The summed E-state index contributed by atoms with van der Waals surface area (Å²) in [5, 5.41) is 1.75. The fourth-order valence-electron chi connectivity index (χ4n) is 6.84. The Hall–Kier alpha value is -4.87. The van der Waals surface area contributed by atoms with Crippen molar-refractivity contribution in [3.63, 3.8) is 0 Å². The van der Waals surface area contributed by atoms with Crippen LogP contribution in [-0.4, -0.2) is 48.8 Å². The second kappa shape index (κ2) is 15.6. The summed E-state index contributed by atoms with van der Waals surface area (Å²) < 4.78 is 28.4. The van der Waals surface area contributed by atoms with Gasteiger partial charge in [0.05, 0.1) is 24.9 Å². The molecule has 5 aromatic rings. The van der Waals surface area contributed by atoms with Gasteiger partial charge in [0, 0.05) is 18.2 Å². The quantitative estimate of drug-likeness (QED) is 0.135. The fraction of sp³-hybridized carbons (Fsp3) is 0.293. The average molecular weight is 705 g/mol. The Labute approximate surface area is 298 Å². The van der Waals surface area contributed by atoms with Crippen molar-refractivity contribution in [2.45, 2.75) is 70.3 Å².